The first-order valence-corrected chi connectivity index (χ1v) is 7.64. The third-order valence-electron chi connectivity index (χ3n) is 5.27. The highest BCUT2D eigenvalue weighted by Crippen LogP contribution is 2.45. The Hall–Kier alpha value is -0.0800. The summed E-state index contributed by atoms with van der Waals surface area (Å²) in [7, 11) is 2.16. The Bertz CT molecular complexity index is 250. The van der Waals surface area contributed by atoms with E-state index in [0.717, 1.165) is 24.5 Å². The van der Waals surface area contributed by atoms with Crippen molar-refractivity contribution in [1.82, 2.24) is 5.32 Å². The number of nitrogens with one attached hydrogen (secondary N) is 1. The van der Waals surface area contributed by atoms with Crippen LogP contribution >= 0.6 is 0 Å². The second-order valence-electron chi connectivity index (χ2n) is 6.50. The molecule has 0 aromatic carbocycles. The highest BCUT2D eigenvalue weighted by Gasteiger charge is 2.43. The minimum Gasteiger partial charge on any atom is -0.375 e. The summed E-state index contributed by atoms with van der Waals surface area (Å²) in [6, 6.07) is 0.776. The fourth-order valence-electron chi connectivity index (χ4n) is 4.23. The predicted molar refractivity (Wildman–Crippen MR) is 70.1 cm³/mol. The molecule has 1 spiro atoms. The SMILES string of the molecule is CNC(C1CC1)C1CCOC2(CCCCC2)C1. The van der Waals surface area contributed by atoms with Crippen molar-refractivity contribution in [3.63, 3.8) is 0 Å². The molecule has 2 unspecified atom stereocenters. The van der Waals surface area contributed by atoms with Crippen molar-refractivity contribution in [3.05, 3.63) is 0 Å². The Labute approximate surface area is 105 Å². The summed E-state index contributed by atoms with van der Waals surface area (Å²) in [5.74, 6) is 1.85. The van der Waals surface area contributed by atoms with E-state index in [4.69, 9.17) is 4.74 Å². The summed E-state index contributed by atoms with van der Waals surface area (Å²) >= 11 is 0. The van der Waals surface area contributed by atoms with Crippen LogP contribution in [0.25, 0.3) is 0 Å². The summed E-state index contributed by atoms with van der Waals surface area (Å²) in [5.41, 5.74) is 0.283. The molecule has 2 aliphatic carbocycles. The van der Waals surface area contributed by atoms with Gasteiger partial charge in [0.15, 0.2) is 0 Å². The number of hydrogen-bond acceptors (Lipinski definition) is 2. The summed E-state index contributed by atoms with van der Waals surface area (Å²) in [6.07, 6.45) is 12.4. The van der Waals surface area contributed by atoms with Crippen LogP contribution in [0.2, 0.25) is 0 Å². The Morgan fingerprint density at radius 3 is 2.47 bits per heavy atom. The van der Waals surface area contributed by atoms with E-state index in [1.165, 1.54) is 57.8 Å². The molecule has 2 atom stereocenters. The van der Waals surface area contributed by atoms with E-state index in [1.54, 1.807) is 0 Å². The molecule has 0 aromatic heterocycles. The molecule has 1 aliphatic heterocycles. The maximum Gasteiger partial charge on any atom is 0.0685 e. The number of rotatable bonds is 3. The van der Waals surface area contributed by atoms with E-state index in [0.29, 0.717) is 0 Å². The second-order valence-corrected chi connectivity index (χ2v) is 6.50. The first kappa shape index (κ1) is 12.0. The van der Waals surface area contributed by atoms with E-state index >= 15 is 0 Å². The summed E-state index contributed by atoms with van der Waals surface area (Å²) in [5, 5.41) is 3.60. The predicted octanol–water partition coefficient (Wildman–Crippen LogP) is 3.11. The molecule has 3 aliphatic rings. The molecule has 0 bridgehead atoms. The zero-order valence-corrected chi connectivity index (χ0v) is 11.2. The molecule has 2 nitrogen and oxygen atoms in total. The number of ether oxygens (including phenoxy) is 1. The van der Waals surface area contributed by atoms with Crippen molar-refractivity contribution in [2.75, 3.05) is 13.7 Å². The van der Waals surface area contributed by atoms with Crippen LogP contribution in [0.15, 0.2) is 0 Å². The van der Waals surface area contributed by atoms with E-state index < -0.39 is 0 Å². The van der Waals surface area contributed by atoms with Crippen LogP contribution in [0, 0.1) is 11.8 Å². The normalized spacial score (nSPS) is 34.8. The highest BCUT2D eigenvalue weighted by atomic mass is 16.5. The lowest BCUT2D eigenvalue weighted by Gasteiger charge is -2.45. The number of hydrogen-bond donors (Lipinski definition) is 1. The topological polar surface area (TPSA) is 21.3 Å². The lowest BCUT2D eigenvalue weighted by atomic mass is 9.73. The van der Waals surface area contributed by atoms with Crippen LogP contribution in [0.5, 0.6) is 0 Å². The van der Waals surface area contributed by atoms with Gasteiger partial charge in [0, 0.05) is 12.6 Å². The standard InChI is InChI=1S/C15H27NO/c1-16-14(12-5-6-12)13-7-10-17-15(11-13)8-3-2-4-9-15/h12-14,16H,2-11H2,1H3. The molecular weight excluding hydrogens is 210 g/mol. The van der Waals surface area contributed by atoms with E-state index in [9.17, 15) is 0 Å². The van der Waals surface area contributed by atoms with Gasteiger partial charge in [0.05, 0.1) is 5.60 Å². The van der Waals surface area contributed by atoms with Crippen LogP contribution < -0.4 is 5.32 Å². The van der Waals surface area contributed by atoms with Crippen LogP contribution in [0.3, 0.4) is 0 Å². The van der Waals surface area contributed by atoms with Crippen molar-refractivity contribution in [2.24, 2.45) is 11.8 Å². The van der Waals surface area contributed by atoms with Crippen molar-refractivity contribution in [3.8, 4) is 0 Å². The largest absolute Gasteiger partial charge is 0.375 e. The highest BCUT2D eigenvalue weighted by molar-refractivity contribution is 4.97. The fourth-order valence-corrected chi connectivity index (χ4v) is 4.23. The van der Waals surface area contributed by atoms with Crippen molar-refractivity contribution < 1.29 is 4.74 Å². The van der Waals surface area contributed by atoms with Crippen molar-refractivity contribution in [1.29, 1.82) is 0 Å². The summed E-state index contributed by atoms with van der Waals surface area (Å²) in [4.78, 5) is 0. The van der Waals surface area contributed by atoms with Gasteiger partial charge in [0.25, 0.3) is 0 Å². The van der Waals surface area contributed by atoms with E-state index in [2.05, 4.69) is 12.4 Å². The second kappa shape index (κ2) is 4.89. The Morgan fingerprint density at radius 1 is 1.06 bits per heavy atom. The molecule has 0 amide bonds. The van der Waals surface area contributed by atoms with Crippen LogP contribution in [-0.4, -0.2) is 25.3 Å². The minimum absolute atomic E-state index is 0.283. The van der Waals surface area contributed by atoms with Gasteiger partial charge in [0.2, 0.25) is 0 Å². The van der Waals surface area contributed by atoms with Gasteiger partial charge in [-0.05, 0) is 57.4 Å². The third-order valence-corrected chi connectivity index (χ3v) is 5.27. The summed E-state index contributed by atoms with van der Waals surface area (Å²) < 4.78 is 6.20. The first-order chi connectivity index (χ1) is 8.33. The molecule has 1 N–H and O–H groups in total. The van der Waals surface area contributed by atoms with Gasteiger partial charge in [-0.3, -0.25) is 0 Å². The Balaban J connectivity index is 1.65. The molecule has 0 aromatic rings. The Kier molecular flexibility index (Phi) is 3.45. The van der Waals surface area contributed by atoms with Crippen LogP contribution in [0.4, 0.5) is 0 Å². The first-order valence-electron chi connectivity index (χ1n) is 7.64. The quantitative estimate of drug-likeness (QED) is 0.814. The molecule has 0 radical (unpaired) electrons. The fraction of sp³-hybridized carbons (Fsp3) is 1.00. The molecule has 2 saturated carbocycles. The minimum atomic E-state index is 0.283. The van der Waals surface area contributed by atoms with Crippen LogP contribution in [0.1, 0.15) is 57.8 Å². The van der Waals surface area contributed by atoms with Gasteiger partial charge in [-0.1, -0.05) is 19.3 Å². The molecule has 1 saturated heterocycles. The van der Waals surface area contributed by atoms with Crippen molar-refractivity contribution >= 4 is 0 Å². The molecule has 2 heteroatoms. The van der Waals surface area contributed by atoms with Gasteiger partial charge in [-0.2, -0.15) is 0 Å². The third kappa shape index (κ3) is 2.53. The van der Waals surface area contributed by atoms with Gasteiger partial charge >= 0.3 is 0 Å². The smallest absolute Gasteiger partial charge is 0.0685 e. The van der Waals surface area contributed by atoms with Gasteiger partial charge < -0.3 is 10.1 Å². The summed E-state index contributed by atoms with van der Waals surface area (Å²) in [6.45, 7) is 1.01. The lowest BCUT2D eigenvalue weighted by Crippen LogP contribution is -2.47. The zero-order chi connectivity index (χ0) is 11.7. The monoisotopic (exact) mass is 237 g/mol. The molecule has 17 heavy (non-hydrogen) atoms. The maximum atomic E-state index is 6.20. The molecule has 3 fully saturated rings. The molecule has 3 rings (SSSR count). The van der Waals surface area contributed by atoms with Gasteiger partial charge in [-0.25, -0.2) is 0 Å². The molecular formula is C15H27NO. The van der Waals surface area contributed by atoms with E-state index in [1.807, 2.05) is 0 Å². The van der Waals surface area contributed by atoms with Crippen molar-refractivity contribution in [2.45, 2.75) is 69.4 Å². The maximum absolute atomic E-state index is 6.20. The Morgan fingerprint density at radius 2 is 1.82 bits per heavy atom. The molecule has 98 valence electrons. The zero-order valence-electron chi connectivity index (χ0n) is 11.2. The van der Waals surface area contributed by atoms with Crippen LogP contribution in [-0.2, 0) is 4.74 Å². The lowest BCUT2D eigenvalue weighted by molar-refractivity contribution is -0.122. The van der Waals surface area contributed by atoms with Gasteiger partial charge in [-0.15, -0.1) is 0 Å². The average Bonchev–Trinajstić information content (AvgIpc) is 3.16. The van der Waals surface area contributed by atoms with Gasteiger partial charge in [0.1, 0.15) is 0 Å². The van der Waals surface area contributed by atoms with E-state index in [-0.39, 0.29) is 5.60 Å². The average molecular weight is 237 g/mol. The molecule has 1 heterocycles.